The first-order valence-corrected chi connectivity index (χ1v) is 9.69. The van der Waals surface area contributed by atoms with E-state index in [1.165, 1.54) is 0 Å². The summed E-state index contributed by atoms with van der Waals surface area (Å²) in [5.41, 5.74) is 1.81. The number of nitrogens with zero attached hydrogens (tertiary/aromatic N) is 2. The zero-order chi connectivity index (χ0) is 20.8. The van der Waals surface area contributed by atoms with Gasteiger partial charge in [0, 0.05) is 10.5 Å². The second-order valence-electron chi connectivity index (χ2n) is 6.22. The van der Waals surface area contributed by atoms with E-state index >= 15 is 0 Å². The standard InChI is InChI=1S/C21H22BrN3O4/c1-27-17-10-14(11-18(28-2)21(17)29-3)12-20(26)24-19-8-9-23-25(19)13-15-6-4-5-7-16(15)22/h4-11H,12-13H2,1-3H3,(H,24,26). The van der Waals surface area contributed by atoms with Crippen molar-refractivity contribution in [1.29, 1.82) is 0 Å². The Morgan fingerprint density at radius 2 is 1.76 bits per heavy atom. The molecule has 152 valence electrons. The lowest BCUT2D eigenvalue weighted by Crippen LogP contribution is -2.18. The SMILES string of the molecule is COc1cc(CC(=O)Nc2ccnn2Cc2ccccc2Br)cc(OC)c1OC. The topological polar surface area (TPSA) is 74.6 Å². The molecule has 0 aliphatic rings. The fraction of sp³-hybridized carbons (Fsp3) is 0.238. The first-order chi connectivity index (χ1) is 14.0. The summed E-state index contributed by atoms with van der Waals surface area (Å²) in [6.45, 7) is 0.536. The molecule has 1 N–H and O–H groups in total. The van der Waals surface area contributed by atoms with Gasteiger partial charge in [-0.05, 0) is 29.3 Å². The molecule has 1 heterocycles. The van der Waals surface area contributed by atoms with Crippen LogP contribution in [0, 0.1) is 0 Å². The van der Waals surface area contributed by atoms with Crippen LogP contribution >= 0.6 is 15.9 Å². The number of rotatable bonds is 8. The molecule has 0 atom stereocenters. The third kappa shape index (κ3) is 4.89. The highest BCUT2D eigenvalue weighted by molar-refractivity contribution is 9.10. The van der Waals surface area contributed by atoms with Gasteiger partial charge in [-0.15, -0.1) is 0 Å². The smallest absolute Gasteiger partial charge is 0.229 e. The maximum atomic E-state index is 12.6. The van der Waals surface area contributed by atoms with Crippen molar-refractivity contribution in [2.24, 2.45) is 0 Å². The molecule has 1 amide bonds. The molecule has 0 fully saturated rings. The summed E-state index contributed by atoms with van der Waals surface area (Å²) in [5, 5.41) is 7.23. The van der Waals surface area contributed by atoms with Gasteiger partial charge in [-0.2, -0.15) is 5.10 Å². The van der Waals surface area contributed by atoms with Gasteiger partial charge in [0.1, 0.15) is 5.82 Å². The Morgan fingerprint density at radius 1 is 1.07 bits per heavy atom. The van der Waals surface area contributed by atoms with Gasteiger partial charge < -0.3 is 19.5 Å². The van der Waals surface area contributed by atoms with E-state index in [0.717, 1.165) is 15.6 Å². The van der Waals surface area contributed by atoms with Crippen molar-refractivity contribution in [3.63, 3.8) is 0 Å². The second kappa shape index (κ2) is 9.47. The number of hydrogen-bond acceptors (Lipinski definition) is 5. The van der Waals surface area contributed by atoms with Crippen LogP contribution in [0.5, 0.6) is 17.2 Å². The van der Waals surface area contributed by atoms with Crippen molar-refractivity contribution in [1.82, 2.24) is 9.78 Å². The van der Waals surface area contributed by atoms with Gasteiger partial charge in [-0.1, -0.05) is 34.1 Å². The second-order valence-corrected chi connectivity index (χ2v) is 7.08. The van der Waals surface area contributed by atoms with E-state index in [-0.39, 0.29) is 12.3 Å². The number of carbonyl (C=O) groups excluding carboxylic acids is 1. The van der Waals surface area contributed by atoms with Crippen LogP contribution in [0.1, 0.15) is 11.1 Å². The highest BCUT2D eigenvalue weighted by Gasteiger charge is 2.16. The summed E-state index contributed by atoms with van der Waals surface area (Å²) in [6.07, 6.45) is 1.81. The monoisotopic (exact) mass is 459 g/mol. The third-order valence-corrected chi connectivity index (χ3v) is 5.12. The molecule has 0 unspecified atom stereocenters. The van der Waals surface area contributed by atoms with Crippen LogP contribution in [0.3, 0.4) is 0 Å². The normalized spacial score (nSPS) is 10.5. The van der Waals surface area contributed by atoms with Crippen LogP contribution < -0.4 is 19.5 Å². The Balaban J connectivity index is 1.74. The van der Waals surface area contributed by atoms with E-state index in [1.807, 2.05) is 24.3 Å². The molecular weight excluding hydrogens is 438 g/mol. The van der Waals surface area contributed by atoms with Crippen molar-refractivity contribution in [3.05, 3.63) is 64.3 Å². The van der Waals surface area contributed by atoms with E-state index in [2.05, 4.69) is 26.3 Å². The van der Waals surface area contributed by atoms with Crippen molar-refractivity contribution >= 4 is 27.7 Å². The van der Waals surface area contributed by atoms with Crippen molar-refractivity contribution in [3.8, 4) is 17.2 Å². The maximum absolute atomic E-state index is 12.6. The summed E-state index contributed by atoms with van der Waals surface area (Å²) in [5.74, 6) is 1.96. The Labute approximate surface area is 177 Å². The fourth-order valence-corrected chi connectivity index (χ4v) is 3.37. The number of amides is 1. The van der Waals surface area contributed by atoms with Crippen LogP contribution in [0.2, 0.25) is 0 Å². The first kappa shape index (κ1) is 20.7. The predicted molar refractivity (Wildman–Crippen MR) is 114 cm³/mol. The number of methoxy groups -OCH3 is 3. The van der Waals surface area contributed by atoms with Crippen molar-refractivity contribution < 1.29 is 19.0 Å². The number of halogens is 1. The molecule has 29 heavy (non-hydrogen) atoms. The van der Waals surface area contributed by atoms with Crippen LogP contribution in [-0.2, 0) is 17.8 Å². The largest absolute Gasteiger partial charge is 0.493 e. The van der Waals surface area contributed by atoms with E-state index < -0.39 is 0 Å². The number of benzene rings is 2. The molecule has 0 aliphatic heterocycles. The van der Waals surface area contributed by atoms with E-state index in [4.69, 9.17) is 14.2 Å². The average molecular weight is 460 g/mol. The lowest BCUT2D eigenvalue weighted by atomic mass is 10.1. The van der Waals surface area contributed by atoms with Gasteiger partial charge in [0.2, 0.25) is 11.7 Å². The van der Waals surface area contributed by atoms with Crippen LogP contribution in [-0.4, -0.2) is 37.0 Å². The number of nitrogens with one attached hydrogen (secondary N) is 1. The van der Waals surface area contributed by atoms with Gasteiger partial charge in [-0.3, -0.25) is 4.79 Å². The van der Waals surface area contributed by atoms with Crippen molar-refractivity contribution in [2.45, 2.75) is 13.0 Å². The Hall–Kier alpha value is -3.00. The number of hydrogen-bond donors (Lipinski definition) is 1. The molecule has 0 saturated carbocycles. The van der Waals surface area contributed by atoms with E-state index in [9.17, 15) is 4.79 Å². The summed E-state index contributed by atoms with van der Waals surface area (Å²) in [6, 6.07) is 13.2. The summed E-state index contributed by atoms with van der Waals surface area (Å²) in [7, 11) is 4.63. The molecule has 0 radical (unpaired) electrons. The maximum Gasteiger partial charge on any atom is 0.229 e. The van der Waals surface area contributed by atoms with Crippen LogP contribution in [0.15, 0.2) is 53.1 Å². The van der Waals surface area contributed by atoms with Crippen molar-refractivity contribution in [2.75, 3.05) is 26.6 Å². The predicted octanol–water partition coefficient (Wildman–Crippen LogP) is 3.90. The van der Waals surface area contributed by atoms with Gasteiger partial charge in [0.05, 0.1) is 40.5 Å². The molecule has 0 spiro atoms. The number of aromatic nitrogens is 2. The van der Waals surface area contributed by atoms with Gasteiger partial charge >= 0.3 is 0 Å². The molecule has 1 aromatic heterocycles. The first-order valence-electron chi connectivity index (χ1n) is 8.89. The highest BCUT2D eigenvalue weighted by Crippen LogP contribution is 2.38. The summed E-state index contributed by atoms with van der Waals surface area (Å²) >= 11 is 3.54. The fourth-order valence-electron chi connectivity index (χ4n) is 2.96. The summed E-state index contributed by atoms with van der Waals surface area (Å²) in [4.78, 5) is 12.6. The molecule has 8 heteroatoms. The Morgan fingerprint density at radius 3 is 2.38 bits per heavy atom. The van der Waals surface area contributed by atoms with Crippen LogP contribution in [0.25, 0.3) is 0 Å². The molecule has 0 saturated heterocycles. The summed E-state index contributed by atoms with van der Waals surface area (Å²) < 4.78 is 18.8. The molecule has 0 aliphatic carbocycles. The minimum atomic E-state index is -0.173. The molecule has 2 aromatic carbocycles. The molecule has 3 aromatic rings. The molecule has 3 rings (SSSR count). The number of carbonyl (C=O) groups is 1. The number of ether oxygens (including phenoxy) is 3. The van der Waals surface area contributed by atoms with Gasteiger partial charge in [-0.25, -0.2) is 4.68 Å². The van der Waals surface area contributed by atoms with E-state index in [0.29, 0.717) is 29.6 Å². The lowest BCUT2D eigenvalue weighted by Gasteiger charge is -2.14. The number of anilines is 1. The average Bonchev–Trinajstić information content (AvgIpc) is 3.15. The van der Waals surface area contributed by atoms with E-state index in [1.54, 1.807) is 50.4 Å². The third-order valence-electron chi connectivity index (χ3n) is 4.35. The lowest BCUT2D eigenvalue weighted by molar-refractivity contribution is -0.115. The molecular formula is C21H22BrN3O4. The minimum Gasteiger partial charge on any atom is -0.493 e. The minimum absolute atomic E-state index is 0.150. The Kier molecular flexibility index (Phi) is 6.77. The molecule has 7 nitrogen and oxygen atoms in total. The molecule has 0 bridgehead atoms. The zero-order valence-electron chi connectivity index (χ0n) is 16.4. The Bertz CT molecular complexity index is 978. The quantitative estimate of drug-likeness (QED) is 0.552. The highest BCUT2D eigenvalue weighted by atomic mass is 79.9. The van der Waals surface area contributed by atoms with Gasteiger partial charge in [0.25, 0.3) is 0 Å². The van der Waals surface area contributed by atoms with Crippen LogP contribution in [0.4, 0.5) is 5.82 Å². The van der Waals surface area contributed by atoms with Gasteiger partial charge in [0.15, 0.2) is 11.5 Å². The zero-order valence-corrected chi connectivity index (χ0v) is 18.0.